The first-order chi connectivity index (χ1) is 7.63. The number of rotatable bonds is 5. The standard InChI is InChI=1S/C11H21N3O2/c1-13(2)7-5-12-11(16)10-4-3-6-14(8-10)9-15/h9-10H,3-8H2,1-2H3,(H,12,16). The van der Waals surface area contributed by atoms with Crippen LogP contribution in [-0.4, -0.2) is 62.4 Å². The normalized spacial score (nSPS) is 20.9. The van der Waals surface area contributed by atoms with Gasteiger partial charge in [-0.3, -0.25) is 9.59 Å². The molecule has 1 fully saturated rings. The molecule has 92 valence electrons. The summed E-state index contributed by atoms with van der Waals surface area (Å²) in [6.45, 7) is 2.86. The molecular formula is C11H21N3O2. The summed E-state index contributed by atoms with van der Waals surface area (Å²) in [4.78, 5) is 26.1. The van der Waals surface area contributed by atoms with E-state index in [2.05, 4.69) is 5.32 Å². The summed E-state index contributed by atoms with van der Waals surface area (Å²) in [5, 5.41) is 2.91. The number of likely N-dealkylation sites (tertiary alicyclic amines) is 1. The van der Waals surface area contributed by atoms with Crippen molar-refractivity contribution >= 4 is 12.3 Å². The number of nitrogens with one attached hydrogen (secondary N) is 1. The predicted octanol–water partition coefficient (Wildman–Crippen LogP) is -0.467. The van der Waals surface area contributed by atoms with E-state index in [9.17, 15) is 9.59 Å². The van der Waals surface area contributed by atoms with Crippen molar-refractivity contribution in [3.8, 4) is 0 Å². The summed E-state index contributed by atoms with van der Waals surface area (Å²) >= 11 is 0. The van der Waals surface area contributed by atoms with Crippen LogP contribution in [0.4, 0.5) is 0 Å². The Balaban J connectivity index is 2.27. The van der Waals surface area contributed by atoms with Crippen molar-refractivity contribution in [1.82, 2.24) is 15.1 Å². The third kappa shape index (κ3) is 4.18. The molecule has 2 amide bonds. The van der Waals surface area contributed by atoms with E-state index in [0.29, 0.717) is 13.1 Å². The lowest BCUT2D eigenvalue weighted by atomic mass is 9.97. The SMILES string of the molecule is CN(C)CCNC(=O)C1CCCN(C=O)C1. The summed E-state index contributed by atoms with van der Waals surface area (Å²) in [5.41, 5.74) is 0. The van der Waals surface area contributed by atoms with Crippen LogP contribution in [0.25, 0.3) is 0 Å². The van der Waals surface area contributed by atoms with E-state index >= 15 is 0 Å². The minimum absolute atomic E-state index is 0.0267. The van der Waals surface area contributed by atoms with Crippen molar-refractivity contribution in [2.75, 3.05) is 40.3 Å². The molecular weight excluding hydrogens is 206 g/mol. The van der Waals surface area contributed by atoms with Crippen LogP contribution in [0.1, 0.15) is 12.8 Å². The number of amides is 2. The van der Waals surface area contributed by atoms with Crippen molar-refractivity contribution < 1.29 is 9.59 Å². The van der Waals surface area contributed by atoms with Crippen molar-refractivity contribution in [2.24, 2.45) is 5.92 Å². The average molecular weight is 227 g/mol. The Kier molecular flexibility index (Phi) is 5.25. The number of hydrogen-bond acceptors (Lipinski definition) is 3. The monoisotopic (exact) mass is 227 g/mol. The molecule has 5 nitrogen and oxygen atoms in total. The first-order valence-electron chi connectivity index (χ1n) is 5.75. The minimum Gasteiger partial charge on any atom is -0.355 e. The second-order valence-electron chi connectivity index (χ2n) is 4.53. The van der Waals surface area contributed by atoms with Crippen LogP contribution < -0.4 is 5.32 Å². The number of nitrogens with zero attached hydrogens (tertiary/aromatic N) is 2. The number of likely N-dealkylation sites (N-methyl/N-ethyl adjacent to an activating group) is 1. The smallest absolute Gasteiger partial charge is 0.224 e. The highest BCUT2D eigenvalue weighted by Gasteiger charge is 2.24. The quantitative estimate of drug-likeness (QED) is 0.646. The zero-order chi connectivity index (χ0) is 12.0. The zero-order valence-electron chi connectivity index (χ0n) is 10.1. The maximum Gasteiger partial charge on any atom is 0.224 e. The van der Waals surface area contributed by atoms with Gasteiger partial charge in [0.2, 0.25) is 12.3 Å². The van der Waals surface area contributed by atoms with E-state index in [1.165, 1.54) is 0 Å². The van der Waals surface area contributed by atoms with Crippen LogP contribution in [0.5, 0.6) is 0 Å². The highest BCUT2D eigenvalue weighted by molar-refractivity contribution is 5.79. The van der Waals surface area contributed by atoms with Crippen molar-refractivity contribution in [2.45, 2.75) is 12.8 Å². The Bertz CT molecular complexity index is 243. The van der Waals surface area contributed by atoms with Gasteiger partial charge in [0.1, 0.15) is 0 Å². The molecule has 1 N–H and O–H groups in total. The van der Waals surface area contributed by atoms with Gasteiger partial charge >= 0.3 is 0 Å². The fourth-order valence-electron chi connectivity index (χ4n) is 1.86. The maximum absolute atomic E-state index is 11.8. The zero-order valence-corrected chi connectivity index (χ0v) is 10.1. The summed E-state index contributed by atoms with van der Waals surface area (Å²) in [6.07, 6.45) is 2.64. The van der Waals surface area contributed by atoms with Gasteiger partial charge in [0.15, 0.2) is 0 Å². The summed E-state index contributed by atoms with van der Waals surface area (Å²) in [5.74, 6) is 0.0505. The Labute approximate surface area is 96.8 Å². The number of piperidine rings is 1. The summed E-state index contributed by atoms with van der Waals surface area (Å²) in [7, 11) is 3.95. The van der Waals surface area contributed by atoms with Gasteiger partial charge in [-0.25, -0.2) is 0 Å². The van der Waals surface area contributed by atoms with Gasteiger partial charge in [-0.15, -0.1) is 0 Å². The highest BCUT2D eigenvalue weighted by Crippen LogP contribution is 2.14. The number of hydrogen-bond donors (Lipinski definition) is 1. The molecule has 0 aromatic heterocycles. The van der Waals surface area contributed by atoms with Crippen LogP contribution in [0, 0.1) is 5.92 Å². The first kappa shape index (κ1) is 13.0. The Morgan fingerprint density at radius 2 is 2.31 bits per heavy atom. The molecule has 0 bridgehead atoms. The molecule has 0 saturated carbocycles. The van der Waals surface area contributed by atoms with Crippen molar-refractivity contribution in [3.63, 3.8) is 0 Å². The molecule has 1 unspecified atom stereocenters. The summed E-state index contributed by atoms with van der Waals surface area (Å²) in [6, 6.07) is 0. The topological polar surface area (TPSA) is 52.7 Å². The third-order valence-electron chi connectivity index (χ3n) is 2.83. The van der Waals surface area contributed by atoms with E-state index in [1.54, 1.807) is 4.90 Å². The molecule has 16 heavy (non-hydrogen) atoms. The number of carbonyl (C=O) groups is 2. The lowest BCUT2D eigenvalue weighted by Crippen LogP contribution is -2.43. The van der Waals surface area contributed by atoms with Gasteiger partial charge in [0, 0.05) is 26.2 Å². The Hall–Kier alpha value is -1.10. The highest BCUT2D eigenvalue weighted by atomic mass is 16.2. The molecule has 0 spiro atoms. The molecule has 1 saturated heterocycles. The van der Waals surface area contributed by atoms with Gasteiger partial charge in [-0.05, 0) is 26.9 Å². The van der Waals surface area contributed by atoms with Gasteiger partial charge in [0.05, 0.1) is 5.92 Å². The lowest BCUT2D eigenvalue weighted by Gasteiger charge is -2.29. The molecule has 5 heteroatoms. The lowest BCUT2D eigenvalue weighted by molar-refractivity contribution is -0.128. The van der Waals surface area contributed by atoms with Gasteiger partial charge in [-0.2, -0.15) is 0 Å². The van der Waals surface area contributed by atoms with Crippen molar-refractivity contribution in [3.05, 3.63) is 0 Å². The molecule has 1 aliphatic rings. The van der Waals surface area contributed by atoms with E-state index in [1.807, 2.05) is 19.0 Å². The molecule has 0 aromatic rings. The van der Waals surface area contributed by atoms with Gasteiger partial charge in [-0.1, -0.05) is 0 Å². The van der Waals surface area contributed by atoms with E-state index in [-0.39, 0.29) is 11.8 Å². The van der Waals surface area contributed by atoms with Crippen LogP contribution in [-0.2, 0) is 9.59 Å². The van der Waals surface area contributed by atoms with E-state index < -0.39 is 0 Å². The van der Waals surface area contributed by atoms with Crippen LogP contribution >= 0.6 is 0 Å². The van der Waals surface area contributed by atoms with Crippen LogP contribution in [0.2, 0.25) is 0 Å². The third-order valence-corrected chi connectivity index (χ3v) is 2.83. The van der Waals surface area contributed by atoms with Gasteiger partial charge in [0.25, 0.3) is 0 Å². The molecule has 0 radical (unpaired) electrons. The predicted molar refractivity (Wildman–Crippen MR) is 61.9 cm³/mol. The molecule has 0 aromatic carbocycles. The maximum atomic E-state index is 11.8. The minimum atomic E-state index is -0.0267. The molecule has 0 aliphatic carbocycles. The molecule has 1 aliphatic heterocycles. The Morgan fingerprint density at radius 1 is 1.56 bits per heavy atom. The van der Waals surface area contributed by atoms with Gasteiger partial charge < -0.3 is 15.1 Å². The fraction of sp³-hybridized carbons (Fsp3) is 0.818. The average Bonchev–Trinajstić information content (AvgIpc) is 2.28. The largest absolute Gasteiger partial charge is 0.355 e. The van der Waals surface area contributed by atoms with Crippen LogP contribution in [0.15, 0.2) is 0 Å². The Morgan fingerprint density at radius 3 is 2.94 bits per heavy atom. The molecule has 1 atom stereocenters. The number of carbonyl (C=O) groups excluding carboxylic acids is 2. The summed E-state index contributed by atoms with van der Waals surface area (Å²) < 4.78 is 0. The second kappa shape index (κ2) is 6.48. The van der Waals surface area contributed by atoms with E-state index in [4.69, 9.17) is 0 Å². The van der Waals surface area contributed by atoms with E-state index in [0.717, 1.165) is 32.3 Å². The van der Waals surface area contributed by atoms with Crippen LogP contribution in [0.3, 0.4) is 0 Å². The molecule has 1 heterocycles. The second-order valence-corrected chi connectivity index (χ2v) is 4.53. The first-order valence-corrected chi connectivity index (χ1v) is 5.75. The molecule has 1 rings (SSSR count). The fourth-order valence-corrected chi connectivity index (χ4v) is 1.86. The van der Waals surface area contributed by atoms with Crippen molar-refractivity contribution in [1.29, 1.82) is 0 Å².